The SMILES string of the molecule is COC(=O)c1c2c(n3ccccc13)C(=O)c1ccccc1C2=O. The normalized spacial score (nSPS) is 12.9. The average molecular weight is 305 g/mol. The molecule has 0 saturated carbocycles. The van der Waals surface area contributed by atoms with Crippen molar-refractivity contribution in [3.05, 3.63) is 76.6 Å². The number of carbonyl (C=O) groups is 3. The van der Waals surface area contributed by atoms with Gasteiger partial charge >= 0.3 is 5.97 Å². The van der Waals surface area contributed by atoms with Crippen LogP contribution in [0.2, 0.25) is 0 Å². The maximum Gasteiger partial charge on any atom is 0.340 e. The lowest BCUT2D eigenvalue weighted by molar-refractivity contribution is 0.0600. The van der Waals surface area contributed by atoms with E-state index in [0.29, 0.717) is 16.6 Å². The van der Waals surface area contributed by atoms with Gasteiger partial charge < -0.3 is 9.14 Å². The molecule has 1 aliphatic carbocycles. The van der Waals surface area contributed by atoms with Gasteiger partial charge in [0.05, 0.1) is 23.8 Å². The zero-order valence-electron chi connectivity index (χ0n) is 12.2. The number of benzene rings is 1. The third-order valence-corrected chi connectivity index (χ3v) is 4.09. The lowest BCUT2D eigenvalue weighted by atomic mass is 9.86. The van der Waals surface area contributed by atoms with Gasteiger partial charge in [0.2, 0.25) is 5.78 Å². The predicted octanol–water partition coefficient (Wildman–Crippen LogP) is 2.50. The van der Waals surface area contributed by atoms with E-state index in [-0.39, 0.29) is 28.4 Å². The first-order valence-electron chi connectivity index (χ1n) is 7.05. The van der Waals surface area contributed by atoms with Crippen molar-refractivity contribution in [3.8, 4) is 0 Å². The smallest absolute Gasteiger partial charge is 0.340 e. The Labute approximate surface area is 131 Å². The van der Waals surface area contributed by atoms with Crippen LogP contribution in [0.1, 0.15) is 42.3 Å². The van der Waals surface area contributed by atoms with Gasteiger partial charge in [0.25, 0.3) is 0 Å². The predicted molar refractivity (Wildman–Crippen MR) is 82.0 cm³/mol. The lowest BCUT2D eigenvalue weighted by Gasteiger charge is -2.15. The van der Waals surface area contributed by atoms with Crippen LogP contribution in [0, 0.1) is 0 Å². The van der Waals surface area contributed by atoms with Crippen LogP contribution in [-0.2, 0) is 4.74 Å². The van der Waals surface area contributed by atoms with Crippen molar-refractivity contribution in [1.29, 1.82) is 0 Å². The standard InChI is InChI=1S/C18H11NO4/c1-23-18(22)13-12-8-4-5-9-19(12)15-14(13)16(20)10-6-2-3-7-11(10)17(15)21/h2-9H,1H3. The number of pyridine rings is 1. The first-order valence-corrected chi connectivity index (χ1v) is 7.05. The van der Waals surface area contributed by atoms with E-state index in [9.17, 15) is 14.4 Å². The van der Waals surface area contributed by atoms with Crippen LogP contribution in [-0.4, -0.2) is 29.0 Å². The quantitative estimate of drug-likeness (QED) is 0.507. The van der Waals surface area contributed by atoms with E-state index in [4.69, 9.17) is 4.74 Å². The Hall–Kier alpha value is -3.21. The van der Waals surface area contributed by atoms with E-state index in [1.165, 1.54) is 7.11 Å². The van der Waals surface area contributed by atoms with Crippen LogP contribution in [0.5, 0.6) is 0 Å². The van der Waals surface area contributed by atoms with Gasteiger partial charge in [-0.15, -0.1) is 0 Å². The van der Waals surface area contributed by atoms with Crippen LogP contribution in [0.25, 0.3) is 5.52 Å². The van der Waals surface area contributed by atoms with E-state index >= 15 is 0 Å². The third kappa shape index (κ3) is 1.64. The molecular weight excluding hydrogens is 294 g/mol. The van der Waals surface area contributed by atoms with Crippen LogP contribution in [0.15, 0.2) is 48.7 Å². The average Bonchev–Trinajstić information content (AvgIpc) is 2.94. The number of carbonyl (C=O) groups excluding carboxylic acids is 3. The number of esters is 1. The highest BCUT2D eigenvalue weighted by atomic mass is 16.5. The second-order valence-corrected chi connectivity index (χ2v) is 5.25. The fraction of sp³-hybridized carbons (Fsp3) is 0.0556. The first kappa shape index (κ1) is 13.5. The summed E-state index contributed by atoms with van der Waals surface area (Å²) in [4.78, 5) is 38.0. The number of hydrogen-bond acceptors (Lipinski definition) is 4. The fourth-order valence-corrected chi connectivity index (χ4v) is 3.10. The number of hydrogen-bond donors (Lipinski definition) is 0. The van der Waals surface area contributed by atoms with E-state index in [0.717, 1.165) is 0 Å². The summed E-state index contributed by atoms with van der Waals surface area (Å²) in [5.74, 6) is -1.23. The van der Waals surface area contributed by atoms with Crippen molar-refractivity contribution in [3.63, 3.8) is 0 Å². The summed E-state index contributed by atoms with van der Waals surface area (Å²) >= 11 is 0. The molecule has 1 aliphatic rings. The van der Waals surface area contributed by atoms with Crippen LogP contribution >= 0.6 is 0 Å². The van der Waals surface area contributed by atoms with Gasteiger partial charge in [-0.2, -0.15) is 0 Å². The monoisotopic (exact) mass is 305 g/mol. The largest absolute Gasteiger partial charge is 0.465 e. The number of rotatable bonds is 1. The van der Waals surface area contributed by atoms with E-state index in [1.54, 1.807) is 53.1 Å². The number of ketones is 2. The number of aromatic nitrogens is 1. The van der Waals surface area contributed by atoms with Gasteiger partial charge in [-0.05, 0) is 12.1 Å². The third-order valence-electron chi connectivity index (χ3n) is 4.09. The second-order valence-electron chi connectivity index (χ2n) is 5.25. The summed E-state index contributed by atoms with van der Waals surface area (Å²) in [6, 6.07) is 11.8. The van der Waals surface area contributed by atoms with Crippen LogP contribution < -0.4 is 0 Å². The minimum atomic E-state index is -0.629. The fourth-order valence-electron chi connectivity index (χ4n) is 3.10. The summed E-state index contributed by atoms with van der Waals surface area (Å²) in [7, 11) is 1.25. The molecular formula is C18H11NO4. The van der Waals surface area contributed by atoms with Gasteiger partial charge in [-0.3, -0.25) is 9.59 Å². The van der Waals surface area contributed by atoms with Crippen LogP contribution in [0.3, 0.4) is 0 Å². The number of ether oxygens (including phenoxy) is 1. The van der Waals surface area contributed by atoms with Gasteiger partial charge in [-0.25, -0.2) is 4.79 Å². The summed E-state index contributed by atoms with van der Waals surface area (Å²) < 4.78 is 6.41. The molecule has 0 spiro atoms. The van der Waals surface area contributed by atoms with E-state index in [1.807, 2.05) is 0 Å². The van der Waals surface area contributed by atoms with Crippen molar-refractivity contribution >= 4 is 23.1 Å². The molecule has 2 aromatic heterocycles. The van der Waals surface area contributed by atoms with E-state index < -0.39 is 5.97 Å². The van der Waals surface area contributed by atoms with Gasteiger partial charge in [0.15, 0.2) is 5.78 Å². The molecule has 0 saturated heterocycles. The summed E-state index contributed by atoms with van der Waals surface area (Å²) in [6.45, 7) is 0. The molecule has 1 aromatic carbocycles. The lowest BCUT2D eigenvalue weighted by Crippen LogP contribution is -2.22. The zero-order valence-corrected chi connectivity index (χ0v) is 12.2. The van der Waals surface area contributed by atoms with Crippen molar-refractivity contribution in [2.45, 2.75) is 0 Å². The summed E-state index contributed by atoms with van der Waals surface area (Å²) in [5.41, 5.74) is 1.61. The highest BCUT2D eigenvalue weighted by Crippen LogP contribution is 2.33. The maximum atomic E-state index is 12.9. The Balaban J connectivity index is 2.17. The van der Waals surface area contributed by atoms with Gasteiger partial charge in [0.1, 0.15) is 5.69 Å². The molecule has 112 valence electrons. The molecule has 4 rings (SSSR count). The minimum Gasteiger partial charge on any atom is -0.465 e. The van der Waals surface area contributed by atoms with Crippen LogP contribution in [0.4, 0.5) is 0 Å². The molecule has 23 heavy (non-hydrogen) atoms. The molecule has 0 aliphatic heterocycles. The molecule has 0 atom stereocenters. The molecule has 2 heterocycles. The molecule has 5 heteroatoms. The van der Waals surface area contributed by atoms with Crippen molar-refractivity contribution in [2.24, 2.45) is 0 Å². The maximum absolute atomic E-state index is 12.9. The van der Waals surface area contributed by atoms with E-state index in [2.05, 4.69) is 0 Å². The summed E-state index contributed by atoms with van der Waals surface area (Å²) in [5, 5.41) is 0. The van der Waals surface area contributed by atoms with Gasteiger partial charge in [-0.1, -0.05) is 30.3 Å². The Morgan fingerprint density at radius 1 is 0.957 bits per heavy atom. The van der Waals surface area contributed by atoms with Crippen molar-refractivity contribution < 1.29 is 19.1 Å². The number of nitrogens with zero attached hydrogens (tertiary/aromatic N) is 1. The molecule has 5 nitrogen and oxygen atoms in total. The van der Waals surface area contributed by atoms with Gasteiger partial charge in [0, 0.05) is 17.3 Å². The Bertz CT molecular complexity index is 1010. The van der Waals surface area contributed by atoms with Crippen molar-refractivity contribution in [1.82, 2.24) is 4.40 Å². The molecule has 0 fully saturated rings. The number of fused-ring (bicyclic) bond motifs is 4. The Morgan fingerprint density at radius 3 is 2.30 bits per heavy atom. The van der Waals surface area contributed by atoms with Crippen molar-refractivity contribution in [2.75, 3.05) is 7.11 Å². The Morgan fingerprint density at radius 2 is 1.61 bits per heavy atom. The second kappa shape index (κ2) is 4.64. The minimum absolute atomic E-state index is 0.117. The highest BCUT2D eigenvalue weighted by molar-refractivity contribution is 6.31. The zero-order chi connectivity index (χ0) is 16.1. The Kier molecular flexibility index (Phi) is 2.72. The molecule has 0 amide bonds. The molecule has 3 aromatic rings. The molecule has 0 N–H and O–H groups in total. The number of methoxy groups -OCH3 is 1. The molecule has 0 unspecified atom stereocenters. The topological polar surface area (TPSA) is 64.8 Å². The first-order chi connectivity index (χ1) is 11.1. The summed E-state index contributed by atoms with van der Waals surface area (Å²) in [6.07, 6.45) is 1.67. The molecule has 0 radical (unpaired) electrons. The highest BCUT2D eigenvalue weighted by Gasteiger charge is 2.37. The molecule has 0 bridgehead atoms.